The highest BCUT2D eigenvalue weighted by atomic mass is 35.5. The Hall–Kier alpha value is -1.17. The molecule has 1 aromatic carbocycles. The van der Waals surface area contributed by atoms with Gasteiger partial charge < -0.3 is 9.47 Å². The standard InChI is InChI=1S/C14H17ClFNO3/c1-19-14(18)13(17-10-3-2-6-20-8-10)9-4-5-11(15)12(16)7-9/h4-5,7,10,13,17H,2-3,6,8H2,1H3. The van der Waals surface area contributed by atoms with Gasteiger partial charge in [-0.05, 0) is 30.5 Å². The number of halogens is 2. The SMILES string of the molecule is COC(=O)C(NC1CCCOC1)c1ccc(Cl)c(F)c1. The largest absolute Gasteiger partial charge is 0.468 e. The lowest BCUT2D eigenvalue weighted by Gasteiger charge is -2.27. The first-order valence-electron chi connectivity index (χ1n) is 6.48. The topological polar surface area (TPSA) is 47.6 Å². The predicted octanol–water partition coefficient (Wildman–Crippen LogP) is 2.46. The zero-order chi connectivity index (χ0) is 14.5. The normalized spacial score (nSPS) is 20.4. The van der Waals surface area contributed by atoms with Crippen LogP contribution in [0.15, 0.2) is 18.2 Å². The summed E-state index contributed by atoms with van der Waals surface area (Å²) in [6, 6.07) is 3.62. The van der Waals surface area contributed by atoms with Crippen molar-refractivity contribution in [3.8, 4) is 0 Å². The number of methoxy groups -OCH3 is 1. The van der Waals surface area contributed by atoms with Crippen molar-refractivity contribution in [1.82, 2.24) is 5.32 Å². The molecule has 0 bridgehead atoms. The van der Waals surface area contributed by atoms with Crippen LogP contribution in [0, 0.1) is 5.82 Å². The van der Waals surface area contributed by atoms with E-state index in [0.29, 0.717) is 12.2 Å². The summed E-state index contributed by atoms with van der Waals surface area (Å²) in [6.07, 6.45) is 1.84. The summed E-state index contributed by atoms with van der Waals surface area (Å²) in [6.45, 7) is 1.26. The molecule has 2 unspecified atom stereocenters. The molecule has 1 N–H and O–H groups in total. The number of esters is 1. The van der Waals surface area contributed by atoms with Crippen LogP contribution in [0.3, 0.4) is 0 Å². The second-order valence-electron chi connectivity index (χ2n) is 4.71. The average Bonchev–Trinajstić information content (AvgIpc) is 2.48. The van der Waals surface area contributed by atoms with Gasteiger partial charge in [-0.1, -0.05) is 17.7 Å². The summed E-state index contributed by atoms with van der Waals surface area (Å²) < 4.78 is 23.7. The second kappa shape index (κ2) is 7.02. The number of hydrogen-bond donors (Lipinski definition) is 1. The lowest BCUT2D eigenvalue weighted by atomic mass is 10.0. The molecule has 1 fully saturated rings. The maximum absolute atomic E-state index is 13.5. The summed E-state index contributed by atoms with van der Waals surface area (Å²) in [5.74, 6) is -1.02. The number of nitrogens with one attached hydrogen (secondary N) is 1. The van der Waals surface area contributed by atoms with Crippen LogP contribution >= 0.6 is 11.6 Å². The van der Waals surface area contributed by atoms with Crippen molar-refractivity contribution in [1.29, 1.82) is 0 Å². The minimum absolute atomic E-state index is 0.0263. The first-order valence-corrected chi connectivity index (χ1v) is 6.86. The molecule has 0 spiro atoms. The number of hydrogen-bond acceptors (Lipinski definition) is 4. The van der Waals surface area contributed by atoms with Crippen LogP contribution < -0.4 is 5.32 Å². The highest BCUT2D eigenvalue weighted by molar-refractivity contribution is 6.30. The van der Waals surface area contributed by atoms with E-state index in [1.54, 1.807) is 6.07 Å². The third kappa shape index (κ3) is 3.69. The van der Waals surface area contributed by atoms with Gasteiger partial charge in [-0.15, -0.1) is 0 Å². The van der Waals surface area contributed by atoms with Crippen molar-refractivity contribution in [3.63, 3.8) is 0 Å². The van der Waals surface area contributed by atoms with Gasteiger partial charge in [-0.25, -0.2) is 9.18 Å². The van der Waals surface area contributed by atoms with Gasteiger partial charge in [0.2, 0.25) is 0 Å². The molecule has 1 heterocycles. The van der Waals surface area contributed by atoms with E-state index < -0.39 is 17.8 Å². The number of rotatable bonds is 4. The van der Waals surface area contributed by atoms with Crippen LogP contribution in [0.4, 0.5) is 4.39 Å². The van der Waals surface area contributed by atoms with E-state index in [9.17, 15) is 9.18 Å². The summed E-state index contributed by atoms with van der Waals surface area (Å²) >= 11 is 5.66. The third-order valence-corrected chi connectivity index (χ3v) is 3.58. The zero-order valence-corrected chi connectivity index (χ0v) is 12.0. The molecule has 2 atom stereocenters. The fraction of sp³-hybridized carbons (Fsp3) is 0.500. The van der Waals surface area contributed by atoms with Crippen molar-refractivity contribution >= 4 is 17.6 Å². The molecule has 1 saturated heterocycles. The molecule has 0 saturated carbocycles. The van der Waals surface area contributed by atoms with Crippen LogP contribution in [-0.2, 0) is 14.3 Å². The Morgan fingerprint density at radius 2 is 2.40 bits per heavy atom. The predicted molar refractivity (Wildman–Crippen MR) is 73.1 cm³/mol. The van der Waals surface area contributed by atoms with E-state index in [-0.39, 0.29) is 11.1 Å². The summed E-state index contributed by atoms with van der Waals surface area (Å²) in [7, 11) is 1.31. The van der Waals surface area contributed by atoms with E-state index in [1.807, 2.05) is 0 Å². The first-order chi connectivity index (χ1) is 9.61. The number of ether oxygens (including phenoxy) is 2. The van der Waals surface area contributed by atoms with Crippen LogP contribution in [0.1, 0.15) is 24.4 Å². The first kappa shape index (κ1) is 15.2. The Labute approximate surface area is 122 Å². The van der Waals surface area contributed by atoms with E-state index in [0.717, 1.165) is 19.4 Å². The Morgan fingerprint density at radius 3 is 3.00 bits per heavy atom. The van der Waals surface area contributed by atoms with Gasteiger partial charge in [0, 0.05) is 12.6 Å². The van der Waals surface area contributed by atoms with E-state index in [1.165, 1.54) is 19.2 Å². The molecule has 2 rings (SSSR count). The maximum Gasteiger partial charge on any atom is 0.327 e. The fourth-order valence-electron chi connectivity index (χ4n) is 2.22. The minimum Gasteiger partial charge on any atom is -0.468 e. The quantitative estimate of drug-likeness (QED) is 0.868. The molecule has 1 aliphatic rings. The monoisotopic (exact) mass is 301 g/mol. The maximum atomic E-state index is 13.5. The van der Waals surface area contributed by atoms with E-state index in [2.05, 4.69) is 5.32 Å². The zero-order valence-electron chi connectivity index (χ0n) is 11.2. The second-order valence-corrected chi connectivity index (χ2v) is 5.12. The molecule has 6 heteroatoms. The van der Waals surface area contributed by atoms with Gasteiger partial charge in [-0.3, -0.25) is 5.32 Å². The number of benzene rings is 1. The van der Waals surface area contributed by atoms with Gasteiger partial charge in [0.1, 0.15) is 11.9 Å². The van der Waals surface area contributed by atoms with Crippen molar-refractivity contribution < 1.29 is 18.7 Å². The highest BCUT2D eigenvalue weighted by Crippen LogP contribution is 2.22. The Morgan fingerprint density at radius 1 is 1.60 bits per heavy atom. The third-order valence-electron chi connectivity index (χ3n) is 3.28. The van der Waals surface area contributed by atoms with Crippen molar-refractivity contribution in [3.05, 3.63) is 34.6 Å². The number of carbonyl (C=O) groups is 1. The molecule has 1 aliphatic heterocycles. The van der Waals surface area contributed by atoms with E-state index >= 15 is 0 Å². The molecular formula is C14H17ClFNO3. The summed E-state index contributed by atoms with van der Waals surface area (Å²) in [5, 5.41) is 3.19. The highest BCUT2D eigenvalue weighted by Gasteiger charge is 2.26. The van der Waals surface area contributed by atoms with Gasteiger partial charge in [0.25, 0.3) is 0 Å². The van der Waals surface area contributed by atoms with Crippen LogP contribution in [0.5, 0.6) is 0 Å². The van der Waals surface area contributed by atoms with Gasteiger partial charge in [0.15, 0.2) is 0 Å². The smallest absolute Gasteiger partial charge is 0.327 e. The molecule has 110 valence electrons. The summed E-state index contributed by atoms with van der Waals surface area (Å²) in [5.41, 5.74) is 0.490. The molecule has 4 nitrogen and oxygen atoms in total. The molecule has 1 aromatic rings. The van der Waals surface area contributed by atoms with Crippen molar-refractivity contribution in [2.75, 3.05) is 20.3 Å². The summed E-state index contributed by atoms with van der Waals surface area (Å²) in [4.78, 5) is 11.9. The lowest BCUT2D eigenvalue weighted by molar-refractivity contribution is -0.143. The Bertz CT molecular complexity index is 477. The van der Waals surface area contributed by atoms with Gasteiger partial charge >= 0.3 is 5.97 Å². The molecule has 0 aliphatic carbocycles. The minimum atomic E-state index is -0.724. The fourth-order valence-corrected chi connectivity index (χ4v) is 2.34. The van der Waals surface area contributed by atoms with Gasteiger partial charge in [0.05, 0.1) is 18.7 Å². The molecule has 0 amide bonds. The molecule has 0 radical (unpaired) electrons. The average molecular weight is 302 g/mol. The molecule has 0 aromatic heterocycles. The lowest BCUT2D eigenvalue weighted by Crippen LogP contribution is -2.42. The molecular weight excluding hydrogens is 285 g/mol. The van der Waals surface area contributed by atoms with E-state index in [4.69, 9.17) is 21.1 Å². The van der Waals surface area contributed by atoms with Crippen LogP contribution in [0.25, 0.3) is 0 Å². The Balaban J connectivity index is 2.17. The molecule has 20 heavy (non-hydrogen) atoms. The van der Waals surface area contributed by atoms with Crippen LogP contribution in [0.2, 0.25) is 5.02 Å². The van der Waals surface area contributed by atoms with Crippen molar-refractivity contribution in [2.24, 2.45) is 0 Å². The number of carbonyl (C=O) groups excluding carboxylic acids is 1. The van der Waals surface area contributed by atoms with Gasteiger partial charge in [-0.2, -0.15) is 0 Å². The van der Waals surface area contributed by atoms with Crippen LogP contribution in [-0.4, -0.2) is 32.3 Å². The Kier molecular flexibility index (Phi) is 5.34. The van der Waals surface area contributed by atoms with Crippen molar-refractivity contribution in [2.45, 2.75) is 24.9 Å².